The Bertz CT molecular complexity index is 2090. The summed E-state index contributed by atoms with van der Waals surface area (Å²) >= 11 is 10.3. The van der Waals surface area contributed by atoms with Gasteiger partial charge >= 0.3 is 0 Å². The zero-order valence-electron chi connectivity index (χ0n) is 22.3. The molecular weight excluding hydrogens is 714 g/mol. The molecule has 2 aliphatic rings. The smallest absolute Gasteiger partial charge is 0.271 e. The molecule has 1 aliphatic carbocycles. The Labute approximate surface area is 270 Å². The molecule has 0 radical (unpaired) electrons. The number of halogens is 2. The summed E-state index contributed by atoms with van der Waals surface area (Å²) in [6.45, 7) is 0.240. The summed E-state index contributed by atoms with van der Waals surface area (Å²) < 4.78 is 9.92. The number of allylic oxidation sites excluding steroid dienone is 1. The maximum Gasteiger partial charge on any atom is 0.271 e. The molecule has 7 rings (SSSR count). The molecule has 3 aromatic carbocycles. The summed E-state index contributed by atoms with van der Waals surface area (Å²) in [7, 11) is 0. The SMILES string of the molecule is O=c1/c(=C/c2cc(Br)c(OCc3ccc([N+](=O)[O-])cc3)c(Br)c2)sc2n1[C@H](c1cccs1)C1=C(N=2)c2ccccc2CC1. The summed E-state index contributed by atoms with van der Waals surface area (Å²) in [6.07, 6.45) is 3.68. The van der Waals surface area contributed by atoms with Crippen LogP contribution in [0.25, 0.3) is 11.8 Å². The van der Waals surface area contributed by atoms with Gasteiger partial charge in [-0.25, -0.2) is 4.99 Å². The van der Waals surface area contributed by atoms with Crippen LogP contribution >= 0.6 is 54.5 Å². The number of fused-ring (bicyclic) bond motifs is 3. The number of hydrogen-bond acceptors (Lipinski definition) is 7. The van der Waals surface area contributed by atoms with Crippen LogP contribution in [-0.4, -0.2) is 9.49 Å². The van der Waals surface area contributed by atoms with Crippen molar-refractivity contribution < 1.29 is 9.66 Å². The molecule has 1 atom stereocenters. The van der Waals surface area contributed by atoms with Crippen LogP contribution in [0.1, 0.15) is 39.6 Å². The van der Waals surface area contributed by atoms with Crippen molar-refractivity contribution in [3.63, 3.8) is 0 Å². The van der Waals surface area contributed by atoms with Crippen molar-refractivity contribution in [2.75, 3.05) is 0 Å². The highest BCUT2D eigenvalue weighted by Crippen LogP contribution is 2.42. The van der Waals surface area contributed by atoms with E-state index in [4.69, 9.17) is 9.73 Å². The van der Waals surface area contributed by atoms with Crippen LogP contribution < -0.4 is 19.6 Å². The third kappa shape index (κ3) is 5.24. The normalized spacial score (nSPS) is 15.9. The molecule has 2 aromatic heterocycles. The van der Waals surface area contributed by atoms with E-state index in [1.807, 2.05) is 28.8 Å². The van der Waals surface area contributed by atoms with E-state index >= 15 is 0 Å². The van der Waals surface area contributed by atoms with Gasteiger partial charge in [0.15, 0.2) is 4.80 Å². The molecule has 7 nitrogen and oxygen atoms in total. The summed E-state index contributed by atoms with van der Waals surface area (Å²) in [5.74, 6) is 0.598. The lowest BCUT2D eigenvalue weighted by Gasteiger charge is -2.30. The van der Waals surface area contributed by atoms with E-state index in [1.165, 1.54) is 34.6 Å². The molecule has 3 heterocycles. The average Bonchev–Trinajstić information content (AvgIpc) is 3.64. The Morgan fingerprint density at radius 1 is 1.05 bits per heavy atom. The number of benzene rings is 3. The molecule has 0 bridgehead atoms. The minimum Gasteiger partial charge on any atom is -0.487 e. The Kier molecular flexibility index (Phi) is 7.50. The molecule has 214 valence electrons. The van der Waals surface area contributed by atoms with Gasteiger partial charge in [-0.1, -0.05) is 41.7 Å². The number of aromatic nitrogens is 1. The average molecular weight is 735 g/mol. The van der Waals surface area contributed by atoms with Gasteiger partial charge in [0.1, 0.15) is 12.4 Å². The van der Waals surface area contributed by atoms with Crippen molar-refractivity contribution in [2.24, 2.45) is 4.99 Å². The number of non-ortho nitro benzene ring substituents is 1. The Morgan fingerprint density at radius 3 is 2.53 bits per heavy atom. The first-order valence-corrected chi connectivity index (χ1v) is 16.7. The van der Waals surface area contributed by atoms with Crippen molar-refractivity contribution >= 4 is 72.0 Å². The Morgan fingerprint density at radius 2 is 1.81 bits per heavy atom. The number of ether oxygens (including phenoxy) is 1. The Hall–Kier alpha value is -3.64. The molecule has 0 spiro atoms. The first-order chi connectivity index (χ1) is 20.9. The summed E-state index contributed by atoms with van der Waals surface area (Å²) in [6, 6.07) is 22.5. The fourth-order valence-corrected chi connectivity index (χ4v) is 8.84. The molecule has 0 N–H and O–H groups in total. The number of hydrogen-bond donors (Lipinski definition) is 0. The van der Waals surface area contributed by atoms with E-state index in [0.717, 1.165) is 40.1 Å². The molecule has 5 aromatic rings. The third-order valence-electron chi connectivity index (χ3n) is 7.53. The maximum atomic E-state index is 14.0. The number of rotatable bonds is 6. The lowest BCUT2D eigenvalue weighted by Crippen LogP contribution is -2.38. The first-order valence-electron chi connectivity index (χ1n) is 13.4. The van der Waals surface area contributed by atoms with Gasteiger partial charge in [0, 0.05) is 22.6 Å². The van der Waals surface area contributed by atoms with Crippen LogP contribution in [0, 0.1) is 10.1 Å². The van der Waals surface area contributed by atoms with Gasteiger partial charge in [0.05, 0.1) is 30.1 Å². The fraction of sp³-hybridized carbons (Fsp3) is 0.125. The molecule has 0 saturated carbocycles. The van der Waals surface area contributed by atoms with Gasteiger partial charge in [-0.2, -0.15) is 0 Å². The maximum absolute atomic E-state index is 14.0. The second kappa shape index (κ2) is 11.5. The number of nitro benzene ring substituents is 1. The van der Waals surface area contributed by atoms with Crippen molar-refractivity contribution in [2.45, 2.75) is 25.5 Å². The highest BCUT2D eigenvalue weighted by atomic mass is 79.9. The zero-order valence-corrected chi connectivity index (χ0v) is 27.1. The molecule has 0 amide bonds. The van der Waals surface area contributed by atoms with Crippen LogP contribution in [0.4, 0.5) is 5.69 Å². The molecule has 1 aliphatic heterocycles. The molecular formula is C32H21Br2N3O4S2. The second-order valence-corrected chi connectivity index (χ2v) is 13.9. The minimum atomic E-state index is -0.428. The Balaban J connectivity index is 1.25. The largest absolute Gasteiger partial charge is 0.487 e. The van der Waals surface area contributed by atoms with Gasteiger partial charge in [0.25, 0.3) is 11.2 Å². The third-order valence-corrected chi connectivity index (χ3v) is 10.6. The molecule has 0 unspecified atom stereocenters. The zero-order chi connectivity index (χ0) is 29.7. The molecule has 11 heteroatoms. The van der Waals surface area contributed by atoms with E-state index in [1.54, 1.807) is 23.5 Å². The van der Waals surface area contributed by atoms with Crippen molar-refractivity contribution in [1.29, 1.82) is 0 Å². The monoisotopic (exact) mass is 733 g/mol. The van der Waals surface area contributed by atoms with Crippen LogP contribution in [0.15, 0.2) is 102 Å². The molecule has 43 heavy (non-hydrogen) atoms. The van der Waals surface area contributed by atoms with E-state index in [-0.39, 0.29) is 23.9 Å². The topological polar surface area (TPSA) is 86.7 Å². The predicted octanol–water partition coefficient (Wildman–Crippen LogP) is 7.39. The van der Waals surface area contributed by atoms with Gasteiger partial charge in [-0.3, -0.25) is 19.5 Å². The summed E-state index contributed by atoms with van der Waals surface area (Å²) in [5.41, 5.74) is 6.24. The first kappa shape index (κ1) is 28.1. The lowest BCUT2D eigenvalue weighted by molar-refractivity contribution is -0.384. The quantitative estimate of drug-likeness (QED) is 0.135. The van der Waals surface area contributed by atoms with Gasteiger partial charge in [-0.05, 0) is 109 Å². The van der Waals surface area contributed by atoms with E-state index in [0.29, 0.717) is 24.0 Å². The number of aryl methyl sites for hydroxylation is 1. The van der Waals surface area contributed by atoms with Gasteiger partial charge in [0.2, 0.25) is 0 Å². The van der Waals surface area contributed by atoms with Gasteiger partial charge < -0.3 is 4.74 Å². The standard InChI is InChI=1S/C32H21Br2N3O4S2/c33-24-14-19(15-25(34)30(24)41-17-18-7-10-21(11-8-18)37(39)40)16-27-31(38)36-29(26-6-3-13-42-26)23-12-9-20-4-1-2-5-22(20)28(23)35-32(36)43-27/h1-8,10-11,13-16,29H,9,12,17H2/b27-16-/t29-/m0/s1. The molecule has 0 saturated heterocycles. The number of nitro groups is 1. The van der Waals surface area contributed by atoms with E-state index in [2.05, 4.69) is 67.6 Å². The van der Waals surface area contributed by atoms with Crippen LogP contribution in [-0.2, 0) is 13.0 Å². The van der Waals surface area contributed by atoms with Crippen LogP contribution in [0.3, 0.4) is 0 Å². The second-order valence-electron chi connectivity index (χ2n) is 10.2. The number of nitrogens with zero attached hydrogens (tertiary/aromatic N) is 3. The lowest BCUT2D eigenvalue weighted by atomic mass is 9.85. The van der Waals surface area contributed by atoms with Crippen molar-refractivity contribution in [1.82, 2.24) is 4.57 Å². The van der Waals surface area contributed by atoms with E-state index < -0.39 is 4.92 Å². The van der Waals surface area contributed by atoms with Crippen LogP contribution in [0.2, 0.25) is 0 Å². The summed E-state index contributed by atoms with van der Waals surface area (Å²) in [4.78, 5) is 31.4. The summed E-state index contributed by atoms with van der Waals surface area (Å²) in [5, 5.41) is 13.0. The van der Waals surface area contributed by atoms with Crippen LogP contribution in [0.5, 0.6) is 5.75 Å². The van der Waals surface area contributed by atoms with Crippen molar-refractivity contribution in [3.8, 4) is 5.75 Å². The molecule has 0 fully saturated rings. The predicted molar refractivity (Wildman–Crippen MR) is 176 cm³/mol. The van der Waals surface area contributed by atoms with Crippen molar-refractivity contribution in [3.05, 3.63) is 150 Å². The van der Waals surface area contributed by atoms with E-state index in [9.17, 15) is 14.9 Å². The van der Waals surface area contributed by atoms with Gasteiger partial charge in [-0.15, -0.1) is 11.3 Å². The number of thiophene rings is 1. The highest BCUT2D eigenvalue weighted by Gasteiger charge is 2.33. The highest BCUT2D eigenvalue weighted by molar-refractivity contribution is 9.11. The minimum absolute atomic E-state index is 0.0347. The number of thiazole rings is 1. The fourth-order valence-electron chi connectivity index (χ4n) is 5.54.